The van der Waals surface area contributed by atoms with E-state index in [1.54, 1.807) is 0 Å². The molecule has 1 unspecified atom stereocenters. The second-order valence-electron chi connectivity index (χ2n) is 3.26. The number of hydrogen-bond acceptors (Lipinski definition) is 4. The number of azo groups is 1. The van der Waals surface area contributed by atoms with Gasteiger partial charge in [-0.15, -0.1) is 0 Å². The van der Waals surface area contributed by atoms with Crippen molar-refractivity contribution in [1.82, 2.24) is 0 Å². The molecule has 0 aliphatic rings. The summed E-state index contributed by atoms with van der Waals surface area (Å²) in [7, 11) is 0. The standard InChI is InChI=1S/C10H16ClN3O/c1-2-3-6-13-14-8-9(7-12)4-5-10(11)15/h9H,2-6,8H2,1H3. The molecule has 0 aliphatic carbocycles. The second-order valence-corrected chi connectivity index (χ2v) is 3.68. The predicted octanol–water partition coefficient (Wildman–Crippen LogP) is 2.92. The maximum absolute atomic E-state index is 10.5. The summed E-state index contributed by atoms with van der Waals surface area (Å²) in [5.74, 6) is -0.252. The lowest BCUT2D eigenvalue weighted by atomic mass is 10.1. The highest BCUT2D eigenvalue weighted by Crippen LogP contribution is 2.07. The molecule has 0 amide bonds. The summed E-state index contributed by atoms with van der Waals surface area (Å²) in [5.41, 5.74) is 0. The smallest absolute Gasteiger partial charge is 0.221 e. The Hall–Kier alpha value is -0.950. The summed E-state index contributed by atoms with van der Waals surface area (Å²) in [6.45, 7) is 3.16. The van der Waals surface area contributed by atoms with Gasteiger partial charge in [-0.1, -0.05) is 13.3 Å². The van der Waals surface area contributed by atoms with Crippen molar-refractivity contribution in [3.63, 3.8) is 0 Å². The van der Waals surface area contributed by atoms with Crippen LogP contribution in [0.3, 0.4) is 0 Å². The maximum atomic E-state index is 10.5. The van der Waals surface area contributed by atoms with Crippen molar-refractivity contribution in [2.45, 2.75) is 32.6 Å². The van der Waals surface area contributed by atoms with E-state index >= 15 is 0 Å². The molecule has 0 rings (SSSR count). The molecule has 0 aliphatic heterocycles. The Balaban J connectivity index is 3.66. The maximum Gasteiger partial charge on any atom is 0.221 e. The first-order valence-corrected chi connectivity index (χ1v) is 5.49. The Kier molecular flexibility index (Phi) is 8.99. The molecule has 0 saturated heterocycles. The van der Waals surface area contributed by atoms with Crippen LogP contribution in [0.25, 0.3) is 0 Å². The molecule has 0 spiro atoms. The Morgan fingerprint density at radius 3 is 2.80 bits per heavy atom. The van der Waals surface area contributed by atoms with Crippen molar-refractivity contribution >= 4 is 16.8 Å². The fraction of sp³-hybridized carbons (Fsp3) is 0.800. The molecular weight excluding hydrogens is 214 g/mol. The number of nitrogens with zero attached hydrogens (tertiary/aromatic N) is 3. The minimum Gasteiger partial charge on any atom is -0.281 e. The Labute approximate surface area is 95.3 Å². The number of halogens is 1. The molecule has 0 bridgehead atoms. The molecule has 0 N–H and O–H groups in total. The van der Waals surface area contributed by atoms with Crippen molar-refractivity contribution in [1.29, 1.82) is 5.26 Å². The molecule has 15 heavy (non-hydrogen) atoms. The molecule has 84 valence electrons. The zero-order valence-corrected chi connectivity index (χ0v) is 9.70. The van der Waals surface area contributed by atoms with Gasteiger partial charge in [-0.05, 0) is 24.4 Å². The fourth-order valence-electron chi connectivity index (χ4n) is 0.940. The third-order valence-electron chi connectivity index (χ3n) is 1.89. The average Bonchev–Trinajstić information content (AvgIpc) is 2.22. The Morgan fingerprint density at radius 1 is 1.53 bits per heavy atom. The fourth-order valence-corrected chi connectivity index (χ4v) is 1.05. The van der Waals surface area contributed by atoms with Gasteiger partial charge < -0.3 is 0 Å². The summed E-state index contributed by atoms with van der Waals surface area (Å²) in [5, 5.41) is 16.2. The van der Waals surface area contributed by atoms with Gasteiger partial charge in [0.05, 0.1) is 25.1 Å². The van der Waals surface area contributed by atoms with Gasteiger partial charge in [0.15, 0.2) is 0 Å². The van der Waals surface area contributed by atoms with Crippen LogP contribution in [0.15, 0.2) is 10.2 Å². The summed E-state index contributed by atoms with van der Waals surface area (Å²) in [4.78, 5) is 10.5. The van der Waals surface area contributed by atoms with Crippen LogP contribution in [-0.2, 0) is 4.79 Å². The van der Waals surface area contributed by atoms with Crippen LogP contribution in [-0.4, -0.2) is 18.3 Å². The van der Waals surface area contributed by atoms with E-state index in [9.17, 15) is 4.79 Å². The van der Waals surface area contributed by atoms with Crippen molar-refractivity contribution in [2.24, 2.45) is 16.1 Å². The van der Waals surface area contributed by atoms with Crippen LogP contribution in [0.1, 0.15) is 32.6 Å². The molecule has 5 heteroatoms. The van der Waals surface area contributed by atoms with Crippen LogP contribution >= 0.6 is 11.6 Å². The van der Waals surface area contributed by atoms with Crippen LogP contribution in [0.2, 0.25) is 0 Å². The van der Waals surface area contributed by atoms with Gasteiger partial charge in [0.25, 0.3) is 0 Å². The summed E-state index contributed by atoms with van der Waals surface area (Å²) in [6.07, 6.45) is 2.79. The first-order chi connectivity index (χ1) is 7.20. The zero-order chi connectivity index (χ0) is 11.5. The largest absolute Gasteiger partial charge is 0.281 e. The van der Waals surface area contributed by atoms with Crippen LogP contribution in [0, 0.1) is 17.2 Å². The van der Waals surface area contributed by atoms with E-state index in [1.165, 1.54) is 0 Å². The number of unbranched alkanes of at least 4 members (excludes halogenated alkanes) is 1. The van der Waals surface area contributed by atoms with E-state index in [-0.39, 0.29) is 12.3 Å². The predicted molar refractivity (Wildman–Crippen MR) is 58.7 cm³/mol. The van der Waals surface area contributed by atoms with Gasteiger partial charge in [-0.2, -0.15) is 15.5 Å². The van der Waals surface area contributed by atoms with E-state index in [2.05, 4.69) is 23.2 Å². The van der Waals surface area contributed by atoms with Crippen molar-refractivity contribution in [3.8, 4) is 6.07 Å². The van der Waals surface area contributed by atoms with Gasteiger partial charge >= 0.3 is 0 Å². The molecular formula is C10H16ClN3O. The van der Waals surface area contributed by atoms with E-state index < -0.39 is 5.24 Å². The monoisotopic (exact) mass is 229 g/mol. The molecule has 1 atom stereocenters. The lowest BCUT2D eigenvalue weighted by molar-refractivity contribution is -0.111. The normalized spacial score (nSPS) is 12.6. The van der Waals surface area contributed by atoms with Crippen molar-refractivity contribution < 1.29 is 4.79 Å². The lowest BCUT2D eigenvalue weighted by Gasteiger charge is -2.01. The first kappa shape index (κ1) is 14.1. The highest BCUT2D eigenvalue weighted by Gasteiger charge is 2.08. The van der Waals surface area contributed by atoms with Crippen LogP contribution in [0.4, 0.5) is 0 Å². The molecule has 0 fully saturated rings. The number of carbonyl (C=O) groups is 1. The average molecular weight is 230 g/mol. The summed E-state index contributed by atoms with van der Waals surface area (Å²) in [6, 6.07) is 2.08. The summed E-state index contributed by atoms with van der Waals surface area (Å²) >= 11 is 5.18. The third-order valence-corrected chi connectivity index (χ3v) is 2.07. The SMILES string of the molecule is CCCCN=NCC(C#N)CCC(=O)Cl. The number of carbonyl (C=O) groups excluding carboxylic acids is 1. The molecule has 0 aromatic heterocycles. The quantitative estimate of drug-likeness (QED) is 0.365. The molecule has 0 saturated carbocycles. The van der Waals surface area contributed by atoms with E-state index in [0.717, 1.165) is 12.8 Å². The zero-order valence-electron chi connectivity index (χ0n) is 8.95. The highest BCUT2D eigenvalue weighted by molar-refractivity contribution is 6.63. The van der Waals surface area contributed by atoms with Crippen molar-refractivity contribution in [3.05, 3.63) is 0 Å². The van der Waals surface area contributed by atoms with Gasteiger partial charge in [-0.3, -0.25) is 4.79 Å². The van der Waals surface area contributed by atoms with E-state index in [4.69, 9.17) is 16.9 Å². The number of rotatable bonds is 8. The van der Waals surface area contributed by atoms with E-state index in [1.807, 2.05) is 0 Å². The molecule has 0 aromatic rings. The number of hydrogen-bond donors (Lipinski definition) is 0. The molecule has 0 radical (unpaired) electrons. The lowest BCUT2D eigenvalue weighted by Crippen LogP contribution is -2.03. The van der Waals surface area contributed by atoms with Crippen LogP contribution in [0.5, 0.6) is 0 Å². The Morgan fingerprint density at radius 2 is 2.27 bits per heavy atom. The first-order valence-electron chi connectivity index (χ1n) is 5.12. The topological polar surface area (TPSA) is 65.6 Å². The third kappa shape index (κ3) is 9.36. The van der Waals surface area contributed by atoms with Gasteiger partial charge in [-0.25, -0.2) is 0 Å². The van der Waals surface area contributed by atoms with Crippen molar-refractivity contribution in [2.75, 3.05) is 13.1 Å². The van der Waals surface area contributed by atoms with Crippen LogP contribution < -0.4 is 0 Å². The van der Waals surface area contributed by atoms with E-state index in [0.29, 0.717) is 19.5 Å². The second kappa shape index (κ2) is 9.60. The molecule has 4 nitrogen and oxygen atoms in total. The summed E-state index contributed by atoms with van der Waals surface area (Å²) < 4.78 is 0. The van der Waals surface area contributed by atoms with Gasteiger partial charge in [0.2, 0.25) is 5.24 Å². The minimum absolute atomic E-state index is 0.226. The van der Waals surface area contributed by atoms with Gasteiger partial charge in [0, 0.05) is 6.42 Å². The Bertz CT molecular complexity index is 248. The number of nitriles is 1. The highest BCUT2D eigenvalue weighted by atomic mass is 35.5. The molecule has 0 heterocycles. The van der Waals surface area contributed by atoms with Gasteiger partial charge in [0.1, 0.15) is 0 Å². The molecule has 0 aromatic carbocycles. The minimum atomic E-state index is -0.404.